The van der Waals surface area contributed by atoms with Gasteiger partial charge < -0.3 is 5.11 Å². The smallest absolute Gasteiger partial charge is 0.154 e. The lowest BCUT2D eigenvalue weighted by molar-refractivity contribution is 0.208. The number of aromatic nitrogens is 3. The number of aliphatic hydroxyl groups excluding tert-OH is 1. The zero-order valence-electron chi connectivity index (χ0n) is 8.73. The van der Waals surface area contributed by atoms with E-state index in [0.717, 1.165) is 18.2 Å². The molecule has 2 rings (SSSR count). The fourth-order valence-electron chi connectivity index (χ4n) is 1.52. The monoisotopic (exact) mass is 303 g/mol. The fraction of sp³-hybridized carbons (Fsp3) is 0.200. The largest absolute Gasteiger partial charge is 0.382 e. The molecule has 0 bridgehead atoms. The molecule has 4 nitrogen and oxygen atoms in total. The third kappa shape index (κ3) is 2.34. The molecule has 0 saturated carbocycles. The van der Waals surface area contributed by atoms with Crippen LogP contribution in [0, 0.1) is 11.6 Å². The highest BCUT2D eigenvalue weighted by Gasteiger charge is 2.20. The molecule has 1 heterocycles. The van der Waals surface area contributed by atoms with E-state index in [1.165, 1.54) is 4.68 Å². The third-order valence-electron chi connectivity index (χ3n) is 2.29. The summed E-state index contributed by atoms with van der Waals surface area (Å²) < 4.78 is 27.7. The van der Waals surface area contributed by atoms with Gasteiger partial charge in [-0.15, -0.1) is 5.10 Å². The van der Waals surface area contributed by atoms with Gasteiger partial charge in [0.2, 0.25) is 0 Å². The Morgan fingerprint density at radius 1 is 1.29 bits per heavy atom. The number of aliphatic hydroxyl groups is 1. The van der Waals surface area contributed by atoms with Crippen molar-refractivity contribution in [3.63, 3.8) is 0 Å². The number of benzene rings is 1. The molecular formula is C10H8BrF2N3O. The molecule has 0 aliphatic carbocycles. The average molecular weight is 304 g/mol. The molecule has 0 aliphatic rings. The first-order valence-corrected chi connectivity index (χ1v) is 5.47. The first kappa shape index (κ1) is 12.1. The van der Waals surface area contributed by atoms with Gasteiger partial charge in [-0.05, 0) is 33.6 Å². The van der Waals surface area contributed by atoms with Gasteiger partial charge in [-0.1, -0.05) is 5.21 Å². The van der Waals surface area contributed by atoms with Gasteiger partial charge in [0.05, 0.1) is 0 Å². The summed E-state index contributed by atoms with van der Waals surface area (Å²) >= 11 is 3.11. The van der Waals surface area contributed by atoms with E-state index in [1.54, 1.807) is 7.05 Å². The Labute approximate surface area is 104 Å². The van der Waals surface area contributed by atoms with Crippen molar-refractivity contribution < 1.29 is 13.9 Å². The van der Waals surface area contributed by atoms with Crippen molar-refractivity contribution in [1.82, 2.24) is 15.0 Å². The minimum atomic E-state index is -1.20. The van der Waals surface area contributed by atoms with Gasteiger partial charge in [-0.2, -0.15) is 0 Å². The van der Waals surface area contributed by atoms with E-state index >= 15 is 0 Å². The average Bonchev–Trinajstić information content (AvgIpc) is 2.56. The minimum absolute atomic E-state index is 0.105. The maximum Gasteiger partial charge on any atom is 0.154 e. The second-order valence-electron chi connectivity index (χ2n) is 3.49. The number of aryl methyl sites for hydroxylation is 1. The first-order chi connectivity index (χ1) is 7.99. The Kier molecular flexibility index (Phi) is 3.21. The zero-order valence-corrected chi connectivity index (χ0v) is 10.3. The molecule has 1 N–H and O–H groups in total. The SMILES string of the molecule is Cn1nnc(Br)c1C(O)c1cc(F)cc(F)c1. The third-order valence-corrected chi connectivity index (χ3v) is 2.85. The van der Waals surface area contributed by atoms with Gasteiger partial charge in [0.25, 0.3) is 0 Å². The van der Waals surface area contributed by atoms with Crippen molar-refractivity contribution >= 4 is 15.9 Å². The predicted octanol–water partition coefficient (Wildman–Crippen LogP) is 1.94. The molecule has 0 fully saturated rings. The van der Waals surface area contributed by atoms with Crippen LogP contribution < -0.4 is 0 Å². The van der Waals surface area contributed by atoms with Gasteiger partial charge in [0.1, 0.15) is 23.4 Å². The molecule has 17 heavy (non-hydrogen) atoms. The van der Waals surface area contributed by atoms with Crippen LogP contribution in [-0.4, -0.2) is 20.1 Å². The van der Waals surface area contributed by atoms with Crippen LogP contribution in [0.2, 0.25) is 0 Å². The number of hydrogen-bond acceptors (Lipinski definition) is 3. The molecule has 1 unspecified atom stereocenters. The first-order valence-electron chi connectivity index (χ1n) is 4.68. The summed E-state index contributed by atoms with van der Waals surface area (Å²) in [4.78, 5) is 0. The lowest BCUT2D eigenvalue weighted by Gasteiger charge is -2.11. The van der Waals surface area contributed by atoms with Crippen LogP contribution >= 0.6 is 15.9 Å². The Morgan fingerprint density at radius 2 is 1.88 bits per heavy atom. The summed E-state index contributed by atoms with van der Waals surface area (Å²) in [6.45, 7) is 0. The molecule has 0 amide bonds. The molecule has 1 aromatic carbocycles. The van der Waals surface area contributed by atoms with Crippen molar-refractivity contribution in [3.8, 4) is 0 Å². The van der Waals surface area contributed by atoms with Crippen molar-refractivity contribution in [2.75, 3.05) is 0 Å². The van der Waals surface area contributed by atoms with Crippen LogP contribution in [0.1, 0.15) is 17.4 Å². The number of rotatable bonds is 2. The Bertz CT molecular complexity index is 519. The topological polar surface area (TPSA) is 50.9 Å². The highest BCUT2D eigenvalue weighted by Crippen LogP contribution is 2.27. The normalized spacial score (nSPS) is 12.8. The summed E-state index contributed by atoms with van der Waals surface area (Å²) in [5, 5.41) is 17.4. The lowest BCUT2D eigenvalue weighted by Crippen LogP contribution is -2.08. The molecule has 7 heteroatoms. The fourth-order valence-corrected chi connectivity index (χ4v) is 2.06. The standard InChI is InChI=1S/C10H8BrF2N3O/c1-16-8(10(11)14-15-16)9(17)5-2-6(12)4-7(13)3-5/h2-4,9,17H,1H3. The highest BCUT2D eigenvalue weighted by atomic mass is 79.9. The summed E-state index contributed by atoms with van der Waals surface area (Å²) in [5.74, 6) is -1.49. The zero-order chi connectivity index (χ0) is 12.6. The molecule has 90 valence electrons. The van der Waals surface area contributed by atoms with Crippen molar-refractivity contribution in [1.29, 1.82) is 0 Å². The molecular weight excluding hydrogens is 296 g/mol. The highest BCUT2D eigenvalue weighted by molar-refractivity contribution is 9.10. The molecule has 1 aromatic heterocycles. The molecule has 0 spiro atoms. The molecule has 1 atom stereocenters. The van der Waals surface area contributed by atoms with Gasteiger partial charge in [0.15, 0.2) is 4.60 Å². The van der Waals surface area contributed by atoms with E-state index in [-0.39, 0.29) is 5.56 Å². The van der Waals surface area contributed by atoms with E-state index < -0.39 is 17.7 Å². The maximum absolute atomic E-state index is 13.0. The van der Waals surface area contributed by atoms with E-state index in [2.05, 4.69) is 26.2 Å². The van der Waals surface area contributed by atoms with Crippen LogP contribution in [0.15, 0.2) is 22.8 Å². The molecule has 0 aliphatic heterocycles. The molecule has 0 saturated heterocycles. The number of halogens is 3. The van der Waals surface area contributed by atoms with Crippen LogP contribution in [0.25, 0.3) is 0 Å². The maximum atomic E-state index is 13.0. The van der Waals surface area contributed by atoms with E-state index in [0.29, 0.717) is 10.3 Å². The number of hydrogen-bond donors (Lipinski definition) is 1. The summed E-state index contributed by atoms with van der Waals surface area (Å²) in [5.41, 5.74) is 0.434. The lowest BCUT2D eigenvalue weighted by atomic mass is 10.1. The van der Waals surface area contributed by atoms with Crippen molar-refractivity contribution in [2.45, 2.75) is 6.10 Å². The van der Waals surface area contributed by atoms with Crippen LogP contribution in [0.5, 0.6) is 0 Å². The van der Waals surface area contributed by atoms with Gasteiger partial charge in [-0.25, -0.2) is 13.5 Å². The van der Waals surface area contributed by atoms with Crippen LogP contribution in [0.3, 0.4) is 0 Å². The Hall–Kier alpha value is -1.34. The van der Waals surface area contributed by atoms with E-state index in [4.69, 9.17) is 0 Å². The summed E-state index contributed by atoms with van der Waals surface area (Å²) in [7, 11) is 1.58. The van der Waals surface area contributed by atoms with Crippen LogP contribution in [0.4, 0.5) is 8.78 Å². The van der Waals surface area contributed by atoms with Gasteiger partial charge in [-0.3, -0.25) is 0 Å². The minimum Gasteiger partial charge on any atom is -0.382 e. The number of nitrogens with zero attached hydrogens (tertiary/aromatic N) is 3. The summed E-state index contributed by atoms with van der Waals surface area (Å²) in [6, 6.07) is 2.87. The van der Waals surface area contributed by atoms with Gasteiger partial charge >= 0.3 is 0 Å². The second kappa shape index (κ2) is 4.50. The van der Waals surface area contributed by atoms with Crippen molar-refractivity contribution in [3.05, 3.63) is 45.7 Å². The predicted molar refractivity (Wildman–Crippen MR) is 59.1 cm³/mol. The molecule has 2 aromatic rings. The van der Waals surface area contributed by atoms with Gasteiger partial charge in [0, 0.05) is 13.1 Å². The van der Waals surface area contributed by atoms with Crippen LogP contribution in [-0.2, 0) is 7.05 Å². The summed E-state index contributed by atoms with van der Waals surface area (Å²) in [6.07, 6.45) is -1.20. The Morgan fingerprint density at radius 3 is 2.35 bits per heavy atom. The molecule has 0 radical (unpaired) electrons. The van der Waals surface area contributed by atoms with E-state index in [9.17, 15) is 13.9 Å². The quantitative estimate of drug-likeness (QED) is 0.922. The van der Waals surface area contributed by atoms with Crippen molar-refractivity contribution in [2.24, 2.45) is 7.05 Å². The van der Waals surface area contributed by atoms with E-state index in [1.807, 2.05) is 0 Å². The Balaban J connectivity index is 2.47. The second-order valence-corrected chi connectivity index (χ2v) is 4.25.